The van der Waals surface area contributed by atoms with Crippen LogP contribution in [0.25, 0.3) is 0 Å². The highest BCUT2D eigenvalue weighted by Crippen LogP contribution is 2.37. The number of piperidine rings is 1. The minimum Gasteiger partial charge on any atom is -0.493 e. The third kappa shape index (κ3) is 9.41. The smallest absolute Gasteiger partial charge is 0.161 e. The van der Waals surface area contributed by atoms with Crippen molar-refractivity contribution < 1.29 is 18.5 Å². The summed E-state index contributed by atoms with van der Waals surface area (Å²) in [5, 5.41) is 0. The number of hydrogen-bond acceptors (Lipinski definition) is 7. The third-order valence-electron chi connectivity index (χ3n) is 8.56. The number of allylic oxidation sites excluding steroid dienone is 1. The molecule has 1 saturated heterocycles. The number of aldehydes is 1. The topological polar surface area (TPSA) is 62.3 Å². The van der Waals surface area contributed by atoms with Crippen molar-refractivity contribution in [3.05, 3.63) is 69.0 Å². The van der Waals surface area contributed by atoms with Gasteiger partial charge in [-0.3, -0.25) is 9.69 Å². The second kappa shape index (κ2) is 18.0. The second-order valence-corrected chi connectivity index (χ2v) is 13.8. The molecule has 1 aliphatic rings. The number of hydrogen-bond donors (Lipinski definition) is 0. The third-order valence-corrected chi connectivity index (χ3v) is 11.3. The van der Waals surface area contributed by atoms with Gasteiger partial charge in [0.2, 0.25) is 0 Å². The number of ether oxygens (including phenoxy) is 2. The number of rotatable bonds is 17. The summed E-state index contributed by atoms with van der Waals surface area (Å²) in [6.07, 6.45) is 9.84. The van der Waals surface area contributed by atoms with E-state index in [0.717, 1.165) is 79.0 Å². The first-order valence-electron chi connectivity index (χ1n) is 15.4. The van der Waals surface area contributed by atoms with Gasteiger partial charge in [-0.2, -0.15) is 0 Å². The number of carbonyl (C=O) groups excluding carboxylic acids is 1. The van der Waals surface area contributed by atoms with Crippen LogP contribution in [0, 0.1) is 0 Å². The van der Waals surface area contributed by atoms with E-state index in [4.69, 9.17) is 9.47 Å². The van der Waals surface area contributed by atoms with Crippen LogP contribution < -0.4 is 9.47 Å². The van der Waals surface area contributed by atoms with Crippen molar-refractivity contribution in [3.63, 3.8) is 0 Å². The molecular formula is C34H51N3O4S2. The highest BCUT2D eigenvalue weighted by Gasteiger charge is 2.26. The summed E-state index contributed by atoms with van der Waals surface area (Å²) in [6, 6.07) is 12.4. The fraction of sp³-hybridized carbons (Fsp3) is 0.559. The minimum absolute atomic E-state index is 0.0577. The maximum Gasteiger partial charge on any atom is 0.161 e. The SMILES string of the molecule is CC/C=C(\SC)S(=O)N(C)CCCC(c1ccc(OC)c(OC)c1)N(C)Cc1c(C=O)cccc1C1CCN(CC)CC1. The van der Waals surface area contributed by atoms with Crippen molar-refractivity contribution >= 4 is 29.0 Å². The molecule has 2 unspecified atom stereocenters. The highest BCUT2D eigenvalue weighted by atomic mass is 32.2. The summed E-state index contributed by atoms with van der Waals surface area (Å²) in [5.74, 6) is 1.85. The van der Waals surface area contributed by atoms with Crippen LogP contribution in [0.15, 0.2) is 46.7 Å². The van der Waals surface area contributed by atoms with Crippen molar-refractivity contribution in [3.8, 4) is 11.5 Å². The number of likely N-dealkylation sites (tertiary alicyclic amines) is 1. The van der Waals surface area contributed by atoms with Gasteiger partial charge in [0, 0.05) is 31.7 Å². The molecule has 0 bridgehead atoms. The van der Waals surface area contributed by atoms with Gasteiger partial charge in [0.1, 0.15) is 17.3 Å². The van der Waals surface area contributed by atoms with Gasteiger partial charge < -0.3 is 14.4 Å². The lowest BCUT2D eigenvalue weighted by atomic mass is 9.84. The summed E-state index contributed by atoms with van der Waals surface area (Å²) in [6.45, 7) is 8.93. The van der Waals surface area contributed by atoms with Crippen LogP contribution in [-0.4, -0.2) is 85.3 Å². The Morgan fingerprint density at radius 2 is 1.84 bits per heavy atom. The molecule has 1 heterocycles. The molecule has 1 fully saturated rings. The Hall–Kier alpha value is -2.17. The summed E-state index contributed by atoms with van der Waals surface area (Å²) in [7, 11) is 6.22. The fourth-order valence-corrected chi connectivity index (χ4v) is 8.25. The predicted molar refractivity (Wildman–Crippen MR) is 182 cm³/mol. The molecule has 238 valence electrons. The van der Waals surface area contributed by atoms with E-state index in [1.54, 1.807) is 26.0 Å². The van der Waals surface area contributed by atoms with Crippen molar-refractivity contribution in [1.82, 2.24) is 14.1 Å². The van der Waals surface area contributed by atoms with Gasteiger partial charge in [-0.05, 0) is 99.8 Å². The molecule has 0 spiro atoms. The van der Waals surface area contributed by atoms with Gasteiger partial charge in [0.25, 0.3) is 0 Å². The van der Waals surface area contributed by atoms with E-state index in [2.05, 4.69) is 48.9 Å². The molecule has 2 aromatic carbocycles. The molecule has 0 aliphatic carbocycles. The Labute approximate surface area is 266 Å². The van der Waals surface area contributed by atoms with E-state index in [-0.39, 0.29) is 6.04 Å². The van der Waals surface area contributed by atoms with Crippen LogP contribution in [0.5, 0.6) is 11.5 Å². The zero-order valence-electron chi connectivity index (χ0n) is 27.1. The summed E-state index contributed by atoms with van der Waals surface area (Å²) in [5.41, 5.74) is 4.34. The Morgan fingerprint density at radius 1 is 1.12 bits per heavy atom. The summed E-state index contributed by atoms with van der Waals surface area (Å²) < 4.78 is 27.1. The van der Waals surface area contributed by atoms with Crippen molar-refractivity contribution in [2.24, 2.45) is 0 Å². The zero-order chi connectivity index (χ0) is 31.4. The Balaban J connectivity index is 1.88. The first-order chi connectivity index (χ1) is 20.8. The molecule has 9 heteroatoms. The fourth-order valence-electron chi connectivity index (χ4n) is 6.06. The molecule has 3 rings (SSSR count). The average molecular weight is 630 g/mol. The minimum atomic E-state index is -1.16. The molecule has 0 N–H and O–H groups in total. The van der Waals surface area contributed by atoms with E-state index in [1.807, 2.05) is 41.9 Å². The second-order valence-electron chi connectivity index (χ2n) is 11.2. The largest absolute Gasteiger partial charge is 0.493 e. The normalized spacial score (nSPS) is 16.4. The Morgan fingerprint density at radius 3 is 2.44 bits per heavy atom. The van der Waals surface area contributed by atoms with Crippen LogP contribution in [0.3, 0.4) is 0 Å². The molecule has 2 atom stereocenters. The Bertz CT molecular complexity index is 1230. The standard InChI is InChI=1S/C34H51N3O4S2/c1-8-12-34(42-7)43(39)36(4)20-11-15-31(27-16-17-32(40-5)33(23-27)41-6)35(3)24-30-28(25-38)13-10-14-29(30)26-18-21-37(9-2)22-19-26/h10,12-14,16-17,23,25-26,31H,8-9,11,15,18-22,24H2,1-7H3/b34-12+. The molecule has 0 amide bonds. The molecule has 0 radical (unpaired) electrons. The lowest BCUT2D eigenvalue weighted by Gasteiger charge is -2.34. The maximum atomic E-state index is 13.1. The van der Waals surface area contributed by atoms with Gasteiger partial charge in [-0.15, -0.1) is 11.8 Å². The molecule has 7 nitrogen and oxygen atoms in total. The van der Waals surface area contributed by atoms with Crippen LogP contribution in [0.4, 0.5) is 0 Å². The van der Waals surface area contributed by atoms with Gasteiger partial charge in [-0.25, -0.2) is 8.51 Å². The quantitative estimate of drug-likeness (QED) is 0.177. The zero-order valence-corrected chi connectivity index (χ0v) is 28.8. The molecular weight excluding hydrogens is 579 g/mol. The molecule has 1 aliphatic heterocycles. The lowest BCUT2D eigenvalue weighted by Crippen LogP contribution is -2.33. The van der Waals surface area contributed by atoms with E-state index in [0.29, 0.717) is 30.5 Å². The van der Waals surface area contributed by atoms with Gasteiger partial charge in [0.15, 0.2) is 11.5 Å². The van der Waals surface area contributed by atoms with Gasteiger partial charge in [0.05, 0.1) is 18.5 Å². The van der Waals surface area contributed by atoms with Gasteiger partial charge in [-0.1, -0.05) is 44.2 Å². The highest BCUT2D eigenvalue weighted by molar-refractivity contribution is 8.15. The number of carbonyl (C=O) groups is 1. The van der Waals surface area contributed by atoms with Crippen LogP contribution >= 0.6 is 11.8 Å². The predicted octanol–water partition coefficient (Wildman–Crippen LogP) is 6.88. The van der Waals surface area contributed by atoms with Crippen molar-refractivity contribution in [2.75, 3.05) is 60.7 Å². The van der Waals surface area contributed by atoms with Crippen LogP contribution in [0.2, 0.25) is 0 Å². The van der Waals surface area contributed by atoms with E-state index in [1.165, 1.54) is 5.56 Å². The first-order valence-corrected chi connectivity index (χ1v) is 17.7. The monoisotopic (exact) mass is 629 g/mol. The number of benzene rings is 2. The van der Waals surface area contributed by atoms with Crippen LogP contribution in [0.1, 0.15) is 85.0 Å². The summed E-state index contributed by atoms with van der Waals surface area (Å²) in [4.78, 5) is 17.1. The first kappa shape index (κ1) is 35.3. The molecule has 43 heavy (non-hydrogen) atoms. The number of thioether (sulfide) groups is 1. The van der Waals surface area contributed by atoms with Crippen molar-refractivity contribution in [2.45, 2.75) is 64.5 Å². The van der Waals surface area contributed by atoms with E-state index < -0.39 is 11.0 Å². The maximum absolute atomic E-state index is 13.1. The molecule has 0 aromatic heterocycles. The molecule has 2 aromatic rings. The van der Waals surface area contributed by atoms with E-state index in [9.17, 15) is 9.00 Å². The Kier molecular flexibility index (Phi) is 14.7. The summed E-state index contributed by atoms with van der Waals surface area (Å²) >= 11 is 1.55. The lowest BCUT2D eigenvalue weighted by molar-refractivity contribution is 0.112. The van der Waals surface area contributed by atoms with Crippen molar-refractivity contribution in [1.29, 1.82) is 0 Å². The number of nitrogens with zero attached hydrogens (tertiary/aromatic N) is 3. The van der Waals surface area contributed by atoms with Gasteiger partial charge >= 0.3 is 0 Å². The van der Waals surface area contributed by atoms with E-state index >= 15 is 0 Å². The average Bonchev–Trinajstić information content (AvgIpc) is 3.04. The molecule has 0 saturated carbocycles. The number of methoxy groups -OCH3 is 2. The van der Waals surface area contributed by atoms with Crippen LogP contribution in [-0.2, 0) is 17.5 Å².